The zero-order valence-corrected chi connectivity index (χ0v) is 4.40. The second-order valence-corrected chi connectivity index (χ2v) is 1.39. The third-order valence-electron chi connectivity index (χ3n) is 0.500. The summed E-state index contributed by atoms with van der Waals surface area (Å²) >= 11 is 0. The van der Waals surface area contributed by atoms with E-state index in [1.54, 1.807) is 0 Å². The van der Waals surface area contributed by atoms with Crippen LogP contribution in [0.5, 0.6) is 0 Å². The zero-order chi connectivity index (χ0) is 6.57. The normalized spacial score (nSPS) is 23.2. The fourth-order valence-electron chi connectivity index (χ4n) is 0.0962. The molecule has 1 unspecified atom stereocenters. The molecule has 0 aromatic rings. The van der Waals surface area contributed by atoms with Crippen LogP contribution in [0.25, 0.3) is 0 Å². The number of epoxide rings is 1. The van der Waals surface area contributed by atoms with Crippen LogP contribution in [-0.4, -0.2) is 20.3 Å². The Kier molecular flexibility index (Phi) is 3.69. The van der Waals surface area contributed by atoms with Gasteiger partial charge in [0.25, 0.3) is 0 Å². The first-order valence-electron chi connectivity index (χ1n) is 2.16. The van der Waals surface area contributed by atoms with Gasteiger partial charge in [0.05, 0.1) is 12.7 Å². The van der Waals surface area contributed by atoms with Gasteiger partial charge in [0.2, 0.25) is 0 Å². The average molecular weight is 126 g/mol. The maximum absolute atomic E-state index is 9.67. The maximum atomic E-state index is 9.67. The van der Waals surface area contributed by atoms with Crippen LogP contribution >= 0.6 is 0 Å². The van der Waals surface area contributed by atoms with Gasteiger partial charge in [0, 0.05) is 0 Å². The van der Waals surface area contributed by atoms with Crippen LogP contribution in [0.2, 0.25) is 0 Å². The summed E-state index contributed by atoms with van der Waals surface area (Å²) in [6, 6.07) is 0. The summed E-state index contributed by atoms with van der Waals surface area (Å²) in [4.78, 5) is 0. The van der Waals surface area contributed by atoms with E-state index in [-0.39, 0.29) is 0 Å². The molecule has 0 aromatic carbocycles. The van der Waals surface area contributed by atoms with Gasteiger partial charge in [-0.15, -0.1) is 0 Å². The van der Waals surface area contributed by atoms with E-state index in [1.165, 1.54) is 0 Å². The first-order chi connectivity index (χ1) is 3.63. The van der Waals surface area contributed by atoms with Gasteiger partial charge in [-0.25, -0.2) is 0 Å². The van der Waals surface area contributed by atoms with Crippen molar-refractivity contribution in [3.8, 4) is 0 Å². The van der Waals surface area contributed by atoms with Crippen molar-refractivity contribution in [1.29, 1.82) is 0 Å². The summed E-state index contributed by atoms with van der Waals surface area (Å²) in [5.41, 5.74) is 0. The minimum atomic E-state index is -3.67. The lowest BCUT2D eigenvalue weighted by Crippen LogP contribution is -1.76. The molecule has 0 amide bonds. The minimum absolute atomic E-state index is 0.583. The van der Waals surface area contributed by atoms with E-state index in [2.05, 4.69) is 6.92 Å². The number of hydrogen-bond donors (Lipinski definition) is 0. The number of rotatable bonds is 0. The van der Waals surface area contributed by atoms with Crippen molar-refractivity contribution in [3.63, 3.8) is 0 Å². The highest BCUT2D eigenvalue weighted by atomic mass is 19.4. The molecule has 48 valence electrons. The van der Waals surface area contributed by atoms with Gasteiger partial charge in [-0.1, -0.05) is 0 Å². The smallest absolute Gasteiger partial charge is 0.373 e. The topological polar surface area (TPSA) is 12.5 Å². The quantitative estimate of drug-likeness (QED) is 0.351. The molecule has 0 aromatic heterocycles. The Bertz CT molecular complexity index is 53.7. The van der Waals surface area contributed by atoms with Crippen LogP contribution in [0.15, 0.2) is 0 Å². The molecule has 0 N–H and O–H groups in total. The lowest BCUT2D eigenvalue weighted by molar-refractivity contribution is 0.423. The fraction of sp³-hybridized carbons (Fsp3) is 1.00. The molecule has 0 spiro atoms. The fourth-order valence-corrected chi connectivity index (χ4v) is 0.0962. The Hall–Kier alpha value is -0.185. The van der Waals surface area contributed by atoms with Crippen LogP contribution in [0.3, 0.4) is 0 Å². The molecular formula is C3H6BF3O. The van der Waals surface area contributed by atoms with Crippen LogP contribution in [0.4, 0.5) is 12.9 Å². The predicted octanol–water partition coefficient (Wildman–Crippen LogP) is 1.28. The first-order valence-corrected chi connectivity index (χ1v) is 2.16. The zero-order valence-electron chi connectivity index (χ0n) is 4.40. The lowest BCUT2D eigenvalue weighted by atomic mass is 10.5. The third kappa shape index (κ3) is 17.0. The van der Waals surface area contributed by atoms with Crippen molar-refractivity contribution < 1.29 is 17.7 Å². The Balaban J connectivity index is 0.000000122. The van der Waals surface area contributed by atoms with Crippen LogP contribution < -0.4 is 0 Å². The Morgan fingerprint density at radius 3 is 1.62 bits per heavy atom. The average Bonchev–Trinajstić information content (AvgIpc) is 2.19. The predicted molar refractivity (Wildman–Crippen MR) is 24.5 cm³/mol. The summed E-state index contributed by atoms with van der Waals surface area (Å²) in [6.07, 6.45) is 0.583. The molecule has 1 aliphatic heterocycles. The van der Waals surface area contributed by atoms with Gasteiger partial charge in [0.1, 0.15) is 0 Å². The summed E-state index contributed by atoms with van der Waals surface area (Å²) in [6.45, 7) is 3.04. The van der Waals surface area contributed by atoms with Crippen molar-refractivity contribution in [2.75, 3.05) is 6.61 Å². The molecule has 0 bridgehead atoms. The second-order valence-electron chi connectivity index (χ2n) is 1.39. The monoisotopic (exact) mass is 126 g/mol. The number of halogens is 3. The summed E-state index contributed by atoms with van der Waals surface area (Å²) in [5.74, 6) is 0. The van der Waals surface area contributed by atoms with E-state index in [1.807, 2.05) is 0 Å². The van der Waals surface area contributed by atoms with Crippen molar-refractivity contribution in [3.05, 3.63) is 0 Å². The molecule has 1 atom stereocenters. The third-order valence-corrected chi connectivity index (χ3v) is 0.500. The van der Waals surface area contributed by atoms with Gasteiger partial charge in [-0.2, -0.15) is 0 Å². The van der Waals surface area contributed by atoms with Crippen LogP contribution in [-0.2, 0) is 4.74 Å². The number of ether oxygens (including phenoxy) is 1. The molecule has 0 saturated carbocycles. The molecule has 0 radical (unpaired) electrons. The highest BCUT2D eigenvalue weighted by Crippen LogP contribution is 2.04. The van der Waals surface area contributed by atoms with Crippen molar-refractivity contribution >= 4 is 7.54 Å². The van der Waals surface area contributed by atoms with E-state index < -0.39 is 7.54 Å². The van der Waals surface area contributed by atoms with E-state index in [4.69, 9.17) is 4.74 Å². The molecule has 5 heteroatoms. The highest BCUT2D eigenvalue weighted by Gasteiger charge is 2.13. The Morgan fingerprint density at radius 1 is 1.50 bits per heavy atom. The van der Waals surface area contributed by atoms with E-state index in [9.17, 15) is 12.9 Å². The minimum Gasteiger partial charge on any atom is -0.373 e. The van der Waals surface area contributed by atoms with Gasteiger partial charge in [-0.05, 0) is 6.92 Å². The number of hydrogen-bond acceptors (Lipinski definition) is 1. The van der Waals surface area contributed by atoms with Gasteiger partial charge >= 0.3 is 7.54 Å². The van der Waals surface area contributed by atoms with Crippen LogP contribution in [0, 0.1) is 0 Å². The largest absolute Gasteiger partial charge is 0.762 e. The molecule has 1 heterocycles. The highest BCUT2D eigenvalue weighted by molar-refractivity contribution is 6.33. The SMILES string of the molecule is CC1CO1.FB(F)F. The van der Waals surface area contributed by atoms with Crippen molar-refractivity contribution in [1.82, 2.24) is 0 Å². The maximum Gasteiger partial charge on any atom is 0.762 e. The van der Waals surface area contributed by atoms with Gasteiger partial charge in [0.15, 0.2) is 0 Å². The van der Waals surface area contributed by atoms with Crippen molar-refractivity contribution in [2.24, 2.45) is 0 Å². The Morgan fingerprint density at radius 2 is 1.62 bits per heavy atom. The standard InChI is InChI=1S/C3H6O.BF3/c1-3-2-4-3;2-1(3)4/h3H,2H2,1H3;. The van der Waals surface area contributed by atoms with E-state index >= 15 is 0 Å². The Labute approximate surface area is 46.0 Å². The molecule has 1 saturated heterocycles. The van der Waals surface area contributed by atoms with Gasteiger partial charge < -0.3 is 4.74 Å². The molecule has 1 nitrogen and oxygen atoms in total. The molecule has 8 heavy (non-hydrogen) atoms. The molecule has 1 fully saturated rings. The molecule has 1 aliphatic rings. The van der Waals surface area contributed by atoms with E-state index in [0.29, 0.717) is 6.10 Å². The molecule has 0 aliphatic carbocycles. The second kappa shape index (κ2) is 3.77. The van der Waals surface area contributed by atoms with Crippen molar-refractivity contribution in [2.45, 2.75) is 13.0 Å². The van der Waals surface area contributed by atoms with Crippen LogP contribution in [0.1, 0.15) is 6.92 Å². The van der Waals surface area contributed by atoms with Gasteiger partial charge in [-0.3, -0.25) is 12.9 Å². The first kappa shape index (κ1) is 7.81. The molecule has 1 rings (SSSR count). The lowest BCUT2D eigenvalue weighted by Gasteiger charge is -1.55. The summed E-state index contributed by atoms with van der Waals surface area (Å²) in [5, 5.41) is 0. The van der Waals surface area contributed by atoms with E-state index in [0.717, 1.165) is 6.61 Å². The summed E-state index contributed by atoms with van der Waals surface area (Å²) in [7, 11) is -3.67. The molecular weight excluding hydrogens is 120 g/mol. The summed E-state index contributed by atoms with van der Waals surface area (Å²) < 4.78 is 33.7.